The molecule has 0 spiro atoms. The SMILES string of the molecule is COc1ccc(CNC(=O)c2ccc(N3CCC(N4C(=O)OCc5ccccc54)CC3)c(NO)c2)c(OC)c1. The van der Waals surface area contributed by atoms with Crippen LogP contribution in [0.25, 0.3) is 0 Å². The van der Waals surface area contributed by atoms with E-state index in [-0.39, 0.29) is 24.6 Å². The molecule has 204 valence electrons. The number of amides is 2. The Balaban J connectivity index is 1.24. The minimum Gasteiger partial charge on any atom is -0.497 e. The van der Waals surface area contributed by atoms with Crippen molar-refractivity contribution in [2.24, 2.45) is 0 Å². The highest BCUT2D eigenvalue weighted by Crippen LogP contribution is 2.35. The lowest BCUT2D eigenvalue weighted by Crippen LogP contribution is -2.49. The van der Waals surface area contributed by atoms with E-state index < -0.39 is 0 Å². The average molecular weight is 533 g/mol. The van der Waals surface area contributed by atoms with Gasteiger partial charge in [0, 0.05) is 48.4 Å². The summed E-state index contributed by atoms with van der Waals surface area (Å²) < 4.78 is 16.0. The molecule has 2 aliphatic rings. The summed E-state index contributed by atoms with van der Waals surface area (Å²) >= 11 is 0. The van der Waals surface area contributed by atoms with E-state index in [9.17, 15) is 14.8 Å². The monoisotopic (exact) mass is 532 g/mol. The number of carbonyl (C=O) groups is 2. The number of methoxy groups -OCH3 is 2. The molecule has 2 amide bonds. The number of ether oxygens (including phenoxy) is 3. The molecule has 5 rings (SSSR count). The number of rotatable bonds is 8. The number of nitrogens with one attached hydrogen (secondary N) is 2. The molecule has 3 aromatic rings. The number of carbonyl (C=O) groups excluding carboxylic acids is 2. The van der Waals surface area contributed by atoms with Crippen LogP contribution in [0.2, 0.25) is 0 Å². The number of cyclic esters (lactones) is 1. The number of benzene rings is 3. The van der Waals surface area contributed by atoms with E-state index in [1.807, 2.05) is 42.5 Å². The molecule has 0 aromatic heterocycles. The molecule has 1 fully saturated rings. The molecule has 0 saturated carbocycles. The number of anilines is 3. The third-order valence-corrected chi connectivity index (χ3v) is 7.28. The first-order chi connectivity index (χ1) is 19.0. The first kappa shape index (κ1) is 26.2. The summed E-state index contributed by atoms with van der Waals surface area (Å²) in [4.78, 5) is 29.4. The van der Waals surface area contributed by atoms with Crippen LogP contribution in [0.3, 0.4) is 0 Å². The maximum Gasteiger partial charge on any atom is 0.414 e. The van der Waals surface area contributed by atoms with Gasteiger partial charge in [-0.25, -0.2) is 4.79 Å². The van der Waals surface area contributed by atoms with Crippen molar-refractivity contribution in [3.63, 3.8) is 0 Å². The van der Waals surface area contributed by atoms with Gasteiger partial charge in [-0.05, 0) is 49.2 Å². The topological polar surface area (TPSA) is 113 Å². The van der Waals surface area contributed by atoms with Gasteiger partial charge in [-0.3, -0.25) is 20.4 Å². The Morgan fingerprint density at radius 2 is 1.82 bits per heavy atom. The Morgan fingerprint density at radius 1 is 1.03 bits per heavy atom. The van der Waals surface area contributed by atoms with Crippen LogP contribution in [0, 0.1) is 0 Å². The zero-order valence-corrected chi connectivity index (χ0v) is 22.0. The Labute approximate surface area is 227 Å². The number of hydrogen-bond donors (Lipinski definition) is 3. The van der Waals surface area contributed by atoms with Crippen molar-refractivity contribution in [2.75, 3.05) is 42.6 Å². The van der Waals surface area contributed by atoms with Gasteiger partial charge in [-0.1, -0.05) is 18.2 Å². The van der Waals surface area contributed by atoms with Crippen molar-refractivity contribution >= 4 is 29.1 Å². The molecule has 3 N–H and O–H groups in total. The van der Waals surface area contributed by atoms with Crippen LogP contribution < -0.4 is 30.1 Å². The first-order valence-electron chi connectivity index (χ1n) is 12.8. The lowest BCUT2D eigenvalue weighted by molar-refractivity contribution is 0.0950. The second kappa shape index (κ2) is 11.5. The fraction of sp³-hybridized carbons (Fsp3) is 0.310. The van der Waals surface area contributed by atoms with E-state index in [1.54, 1.807) is 37.3 Å². The summed E-state index contributed by atoms with van der Waals surface area (Å²) in [6.07, 6.45) is 1.16. The fourth-order valence-electron chi connectivity index (χ4n) is 5.20. The van der Waals surface area contributed by atoms with Crippen molar-refractivity contribution in [2.45, 2.75) is 32.0 Å². The molecule has 3 aromatic carbocycles. The van der Waals surface area contributed by atoms with Gasteiger partial charge in [0.25, 0.3) is 5.91 Å². The molecule has 10 nitrogen and oxygen atoms in total. The second-order valence-corrected chi connectivity index (χ2v) is 9.48. The van der Waals surface area contributed by atoms with Gasteiger partial charge in [0.2, 0.25) is 0 Å². The quantitative estimate of drug-likeness (QED) is 0.362. The maximum absolute atomic E-state index is 12.9. The van der Waals surface area contributed by atoms with Gasteiger partial charge in [0.05, 0.1) is 31.3 Å². The minimum atomic E-state index is -0.313. The molecule has 0 atom stereocenters. The Bertz CT molecular complexity index is 1360. The molecule has 0 aliphatic carbocycles. The summed E-state index contributed by atoms with van der Waals surface area (Å²) in [5.74, 6) is 1.00. The number of hydrogen-bond acceptors (Lipinski definition) is 8. The zero-order valence-electron chi connectivity index (χ0n) is 22.0. The summed E-state index contributed by atoms with van der Waals surface area (Å²) in [7, 11) is 3.15. The van der Waals surface area contributed by atoms with Gasteiger partial charge in [-0.15, -0.1) is 0 Å². The van der Waals surface area contributed by atoms with E-state index in [1.165, 1.54) is 0 Å². The van der Waals surface area contributed by atoms with Crippen LogP contribution in [-0.2, 0) is 17.9 Å². The van der Waals surface area contributed by atoms with Crippen LogP contribution >= 0.6 is 0 Å². The molecule has 39 heavy (non-hydrogen) atoms. The standard InChI is InChI=1S/C29H32N4O6/c1-37-23-9-7-20(27(16-23)38-2)17-30-28(34)19-8-10-26(24(15-19)31-36)32-13-11-22(12-14-32)33-25-6-4-3-5-21(25)18-39-29(33)35/h3-10,15-16,22,31,36H,11-14,17-18H2,1-2H3,(H,30,34). The van der Waals surface area contributed by atoms with E-state index >= 15 is 0 Å². The summed E-state index contributed by atoms with van der Waals surface area (Å²) in [5, 5.41) is 12.8. The normalized spacial score (nSPS) is 15.3. The third kappa shape index (κ3) is 5.42. The Hall–Kier alpha value is -4.44. The molecule has 2 heterocycles. The molecular weight excluding hydrogens is 500 g/mol. The highest BCUT2D eigenvalue weighted by Gasteiger charge is 2.34. The van der Waals surface area contributed by atoms with E-state index in [2.05, 4.69) is 15.7 Å². The molecule has 0 unspecified atom stereocenters. The Morgan fingerprint density at radius 3 is 2.56 bits per heavy atom. The first-order valence-corrected chi connectivity index (χ1v) is 12.8. The van der Waals surface area contributed by atoms with Crippen LogP contribution in [0.5, 0.6) is 11.5 Å². The van der Waals surface area contributed by atoms with Crippen LogP contribution in [0.15, 0.2) is 60.7 Å². The van der Waals surface area contributed by atoms with Crippen molar-refractivity contribution in [3.05, 3.63) is 77.4 Å². The van der Waals surface area contributed by atoms with Crippen LogP contribution in [0.1, 0.15) is 34.3 Å². The molecule has 1 saturated heterocycles. The maximum atomic E-state index is 12.9. The smallest absolute Gasteiger partial charge is 0.414 e. The largest absolute Gasteiger partial charge is 0.497 e. The number of fused-ring (bicyclic) bond motifs is 1. The van der Waals surface area contributed by atoms with Gasteiger partial charge in [0.15, 0.2) is 0 Å². The fourth-order valence-corrected chi connectivity index (χ4v) is 5.20. The molecule has 2 aliphatic heterocycles. The lowest BCUT2D eigenvalue weighted by Gasteiger charge is -2.41. The minimum absolute atomic E-state index is 0.0146. The number of piperidine rings is 1. The lowest BCUT2D eigenvalue weighted by atomic mass is 9.99. The number of para-hydroxylation sites is 1. The highest BCUT2D eigenvalue weighted by atomic mass is 16.6. The predicted octanol–water partition coefficient (Wildman–Crippen LogP) is 4.56. The number of nitrogens with zero attached hydrogens (tertiary/aromatic N) is 2. The van der Waals surface area contributed by atoms with Crippen molar-refractivity contribution in [1.29, 1.82) is 0 Å². The third-order valence-electron chi connectivity index (χ3n) is 7.28. The van der Waals surface area contributed by atoms with Crippen LogP contribution in [-0.4, -0.2) is 50.6 Å². The summed E-state index contributed by atoms with van der Waals surface area (Å²) in [6.45, 7) is 1.91. The van der Waals surface area contributed by atoms with Gasteiger partial charge in [0.1, 0.15) is 18.1 Å². The van der Waals surface area contributed by atoms with Crippen LogP contribution in [0.4, 0.5) is 21.9 Å². The zero-order chi connectivity index (χ0) is 27.4. The van der Waals surface area contributed by atoms with Crippen molar-refractivity contribution in [3.8, 4) is 11.5 Å². The van der Waals surface area contributed by atoms with Crippen molar-refractivity contribution < 1.29 is 29.0 Å². The summed E-state index contributed by atoms with van der Waals surface area (Å²) in [5.41, 5.74) is 6.60. The Kier molecular flexibility index (Phi) is 7.74. The van der Waals surface area contributed by atoms with Gasteiger partial charge in [-0.2, -0.15) is 0 Å². The summed E-state index contributed by atoms with van der Waals surface area (Å²) in [6, 6.07) is 18.4. The van der Waals surface area contributed by atoms with Gasteiger partial charge < -0.3 is 24.4 Å². The predicted molar refractivity (Wildman–Crippen MR) is 147 cm³/mol. The van der Waals surface area contributed by atoms with Gasteiger partial charge >= 0.3 is 6.09 Å². The van der Waals surface area contributed by atoms with Crippen molar-refractivity contribution in [1.82, 2.24) is 5.32 Å². The average Bonchev–Trinajstić information content (AvgIpc) is 2.99. The second-order valence-electron chi connectivity index (χ2n) is 9.48. The molecule has 10 heteroatoms. The van der Waals surface area contributed by atoms with E-state index in [0.29, 0.717) is 42.4 Å². The molecule has 0 radical (unpaired) electrons. The highest BCUT2D eigenvalue weighted by molar-refractivity contribution is 5.96. The molecule has 0 bridgehead atoms. The van der Waals surface area contributed by atoms with E-state index in [4.69, 9.17) is 14.2 Å². The molecular formula is C29H32N4O6. The van der Waals surface area contributed by atoms with E-state index in [0.717, 1.165) is 35.3 Å².